The Morgan fingerprint density at radius 1 is 1.44 bits per heavy atom. The summed E-state index contributed by atoms with van der Waals surface area (Å²) < 4.78 is 27.1. The first-order chi connectivity index (χ1) is 8.56. The summed E-state index contributed by atoms with van der Waals surface area (Å²) >= 11 is 0. The lowest BCUT2D eigenvalue weighted by Crippen LogP contribution is -2.42. The van der Waals surface area contributed by atoms with Crippen LogP contribution in [0.1, 0.15) is 23.7 Å². The maximum Gasteiger partial charge on any atom is 0.260 e. The Bertz CT molecular complexity index is 444. The number of amides is 1. The van der Waals surface area contributed by atoms with Gasteiger partial charge in [-0.3, -0.25) is 4.79 Å². The normalized spacial score (nSPS) is 23.4. The summed E-state index contributed by atoms with van der Waals surface area (Å²) in [5, 5.41) is 0. The second-order valence-electron chi connectivity index (χ2n) is 4.66. The molecule has 1 aromatic rings. The highest BCUT2D eigenvalue weighted by Crippen LogP contribution is 2.26. The molecule has 1 saturated heterocycles. The van der Waals surface area contributed by atoms with Crippen molar-refractivity contribution < 1.29 is 13.6 Å². The number of hydrogen-bond donors (Lipinski definition) is 1. The minimum absolute atomic E-state index is 0.142. The van der Waals surface area contributed by atoms with Crippen LogP contribution >= 0.6 is 0 Å². The molecule has 1 aromatic carbocycles. The van der Waals surface area contributed by atoms with Crippen LogP contribution < -0.4 is 5.73 Å². The van der Waals surface area contributed by atoms with Crippen LogP contribution in [0.3, 0.4) is 0 Å². The van der Waals surface area contributed by atoms with Crippen molar-refractivity contribution in [2.24, 2.45) is 11.7 Å². The van der Waals surface area contributed by atoms with Crippen molar-refractivity contribution in [2.75, 3.05) is 13.1 Å². The van der Waals surface area contributed by atoms with Gasteiger partial charge in [-0.15, -0.1) is 0 Å². The Kier molecular flexibility index (Phi) is 3.61. The molecule has 1 fully saturated rings. The van der Waals surface area contributed by atoms with Crippen molar-refractivity contribution in [3.05, 3.63) is 35.4 Å². The first-order valence-corrected chi connectivity index (χ1v) is 6.01. The molecular weight excluding hydrogens is 238 g/mol. The smallest absolute Gasteiger partial charge is 0.260 e. The number of halogens is 2. The van der Waals surface area contributed by atoms with Gasteiger partial charge in [-0.1, -0.05) is 13.0 Å². The molecule has 0 saturated carbocycles. The minimum Gasteiger partial charge on any atom is -0.334 e. The Balaban J connectivity index is 2.32. The minimum atomic E-state index is -0.824. The fraction of sp³-hybridized carbons (Fsp3) is 0.462. The molecule has 5 heteroatoms. The van der Waals surface area contributed by atoms with Gasteiger partial charge in [0.2, 0.25) is 0 Å². The van der Waals surface area contributed by atoms with Crippen molar-refractivity contribution in [1.82, 2.24) is 4.90 Å². The van der Waals surface area contributed by atoms with E-state index in [0.29, 0.717) is 13.1 Å². The van der Waals surface area contributed by atoms with E-state index in [1.807, 2.05) is 6.92 Å². The number of carbonyl (C=O) groups excluding carboxylic acids is 1. The molecule has 0 aliphatic carbocycles. The molecule has 2 unspecified atom stereocenters. The molecular formula is C13H16F2N2O. The standard InChI is InChI=1S/C13H16F2N2O/c1-8-5-6-17(11(8)7-16)13(18)12-9(14)3-2-4-10(12)15/h2-4,8,11H,5-7,16H2,1H3. The van der Waals surface area contributed by atoms with E-state index in [1.165, 1.54) is 11.0 Å². The summed E-state index contributed by atoms with van der Waals surface area (Å²) in [4.78, 5) is 13.7. The van der Waals surface area contributed by atoms with Crippen molar-refractivity contribution in [1.29, 1.82) is 0 Å². The highest BCUT2D eigenvalue weighted by Gasteiger charge is 2.35. The van der Waals surface area contributed by atoms with Gasteiger partial charge in [0.05, 0.1) is 0 Å². The Morgan fingerprint density at radius 2 is 2.06 bits per heavy atom. The number of benzene rings is 1. The van der Waals surface area contributed by atoms with Gasteiger partial charge < -0.3 is 10.6 Å². The lowest BCUT2D eigenvalue weighted by atomic mass is 10.0. The summed E-state index contributed by atoms with van der Waals surface area (Å²) in [6, 6.07) is 3.28. The predicted octanol–water partition coefficient (Wildman–Crippen LogP) is 1.77. The summed E-state index contributed by atoms with van der Waals surface area (Å²) in [5.74, 6) is -2.00. The van der Waals surface area contributed by atoms with Crippen LogP contribution in [0.15, 0.2) is 18.2 Å². The van der Waals surface area contributed by atoms with E-state index in [-0.39, 0.29) is 12.0 Å². The first kappa shape index (κ1) is 13.0. The zero-order valence-corrected chi connectivity index (χ0v) is 10.2. The van der Waals surface area contributed by atoms with Crippen LogP contribution in [0.4, 0.5) is 8.78 Å². The van der Waals surface area contributed by atoms with Crippen molar-refractivity contribution >= 4 is 5.91 Å². The molecule has 0 spiro atoms. The third-order valence-corrected chi connectivity index (χ3v) is 3.56. The third-order valence-electron chi connectivity index (χ3n) is 3.56. The van der Waals surface area contributed by atoms with Crippen molar-refractivity contribution in [2.45, 2.75) is 19.4 Å². The summed E-state index contributed by atoms with van der Waals surface area (Å²) in [6.07, 6.45) is 0.809. The number of hydrogen-bond acceptors (Lipinski definition) is 2. The Hall–Kier alpha value is -1.49. The van der Waals surface area contributed by atoms with Gasteiger partial charge in [-0.25, -0.2) is 8.78 Å². The molecule has 3 nitrogen and oxygen atoms in total. The quantitative estimate of drug-likeness (QED) is 0.874. The molecule has 2 N–H and O–H groups in total. The van der Waals surface area contributed by atoms with Gasteiger partial charge in [0, 0.05) is 19.1 Å². The average Bonchev–Trinajstić information content (AvgIpc) is 2.69. The lowest BCUT2D eigenvalue weighted by molar-refractivity contribution is 0.0717. The molecule has 1 amide bonds. The van der Waals surface area contributed by atoms with Gasteiger partial charge in [-0.2, -0.15) is 0 Å². The summed E-state index contributed by atoms with van der Waals surface area (Å²) in [5.41, 5.74) is 5.14. The van der Waals surface area contributed by atoms with E-state index < -0.39 is 23.1 Å². The zero-order chi connectivity index (χ0) is 13.3. The SMILES string of the molecule is CC1CCN(C(=O)c2c(F)cccc2F)C1CN. The molecule has 1 heterocycles. The Labute approximate surface area is 105 Å². The van der Waals surface area contributed by atoms with Gasteiger partial charge in [-0.05, 0) is 24.5 Å². The topological polar surface area (TPSA) is 46.3 Å². The maximum absolute atomic E-state index is 13.6. The Morgan fingerprint density at radius 3 is 2.61 bits per heavy atom. The van der Waals surface area contributed by atoms with Crippen LogP contribution in [0.25, 0.3) is 0 Å². The van der Waals surface area contributed by atoms with Crippen molar-refractivity contribution in [3.63, 3.8) is 0 Å². The maximum atomic E-state index is 13.6. The second kappa shape index (κ2) is 5.02. The monoisotopic (exact) mass is 254 g/mol. The largest absolute Gasteiger partial charge is 0.334 e. The van der Waals surface area contributed by atoms with Crippen LogP contribution in [0.2, 0.25) is 0 Å². The van der Waals surface area contributed by atoms with Crippen LogP contribution in [0, 0.1) is 17.6 Å². The third kappa shape index (κ3) is 2.10. The average molecular weight is 254 g/mol. The second-order valence-corrected chi connectivity index (χ2v) is 4.66. The fourth-order valence-corrected chi connectivity index (χ4v) is 2.47. The van der Waals surface area contributed by atoms with E-state index in [9.17, 15) is 13.6 Å². The van der Waals surface area contributed by atoms with E-state index in [4.69, 9.17) is 5.73 Å². The number of rotatable bonds is 2. The van der Waals surface area contributed by atoms with Crippen molar-refractivity contribution in [3.8, 4) is 0 Å². The number of likely N-dealkylation sites (tertiary alicyclic amines) is 1. The van der Waals surface area contributed by atoms with E-state index in [2.05, 4.69) is 0 Å². The molecule has 98 valence electrons. The van der Waals surface area contributed by atoms with E-state index >= 15 is 0 Å². The van der Waals surface area contributed by atoms with Gasteiger partial charge in [0.25, 0.3) is 5.91 Å². The molecule has 2 atom stereocenters. The van der Waals surface area contributed by atoms with Crippen LogP contribution in [-0.4, -0.2) is 29.9 Å². The highest BCUT2D eigenvalue weighted by atomic mass is 19.1. The molecule has 18 heavy (non-hydrogen) atoms. The molecule has 1 aliphatic rings. The van der Waals surface area contributed by atoms with Gasteiger partial charge >= 0.3 is 0 Å². The molecule has 2 rings (SSSR count). The lowest BCUT2D eigenvalue weighted by Gasteiger charge is -2.26. The van der Waals surface area contributed by atoms with Gasteiger partial charge in [0.1, 0.15) is 17.2 Å². The van der Waals surface area contributed by atoms with Crippen LogP contribution in [0.5, 0.6) is 0 Å². The van der Waals surface area contributed by atoms with E-state index in [0.717, 1.165) is 18.6 Å². The fourth-order valence-electron chi connectivity index (χ4n) is 2.47. The van der Waals surface area contributed by atoms with E-state index in [1.54, 1.807) is 0 Å². The van der Waals surface area contributed by atoms with Gasteiger partial charge in [0.15, 0.2) is 0 Å². The zero-order valence-electron chi connectivity index (χ0n) is 10.2. The number of nitrogens with two attached hydrogens (primary N) is 1. The molecule has 0 bridgehead atoms. The summed E-state index contributed by atoms with van der Waals surface area (Å²) in [7, 11) is 0. The molecule has 0 radical (unpaired) electrons. The highest BCUT2D eigenvalue weighted by molar-refractivity contribution is 5.95. The summed E-state index contributed by atoms with van der Waals surface area (Å²) in [6.45, 7) is 2.79. The van der Waals surface area contributed by atoms with Crippen LogP contribution in [-0.2, 0) is 0 Å². The molecule has 0 aromatic heterocycles. The molecule has 1 aliphatic heterocycles. The number of carbonyl (C=O) groups is 1. The number of nitrogens with zero attached hydrogens (tertiary/aromatic N) is 1. The first-order valence-electron chi connectivity index (χ1n) is 6.01. The predicted molar refractivity (Wildman–Crippen MR) is 64.0 cm³/mol.